The molecule has 0 aromatic heterocycles. The molecule has 2 nitrogen and oxygen atoms in total. The van der Waals surface area contributed by atoms with Crippen LogP contribution in [0, 0.1) is 0 Å². The minimum atomic E-state index is -0.190. The number of rotatable bonds is 1. The smallest absolute Gasteiger partial charge is 0.0662 e. The molecule has 1 fully saturated rings. The Bertz CT molecular complexity index is 294. The number of benzene rings is 1. The first-order valence-electron chi connectivity index (χ1n) is 3.96. The normalized spacial score (nSPS) is 20.2. The van der Waals surface area contributed by atoms with Crippen LogP contribution in [0.1, 0.15) is 5.56 Å². The summed E-state index contributed by atoms with van der Waals surface area (Å²) in [5, 5.41) is 3.91. The van der Waals surface area contributed by atoms with Crippen molar-refractivity contribution < 1.29 is 0 Å². The predicted octanol–water partition coefficient (Wildman–Crippen LogP) is 1.10. The van der Waals surface area contributed by atoms with E-state index in [2.05, 4.69) is 5.32 Å². The van der Waals surface area contributed by atoms with Gasteiger partial charge in [0.25, 0.3) is 0 Å². The number of nitrogens with one attached hydrogen (secondary N) is 1. The van der Waals surface area contributed by atoms with Crippen LogP contribution in [-0.4, -0.2) is 13.1 Å². The second kappa shape index (κ2) is 2.73. The van der Waals surface area contributed by atoms with Gasteiger partial charge in [0.05, 0.1) is 5.54 Å². The Hall–Kier alpha value is -0.570. The molecule has 2 rings (SSSR count). The Labute approximate surface area is 76.7 Å². The zero-order valence-corrected chi connectivity index (χ0v) is 7.43. The quantitative estimate of drug-likeness (QED) is 0.683. The van der Waals surface area contributed by atoms with Crippen molar-refractivity contribution in [3.8, 4) is 0 Å². The van der Waals surface area contributed by atoms with Crippen molar-refractivity contribution in [2.45, 2.75) is 5.54 Å². The zero-order chi connectivity index (χ0) is 8.60. The first-order valence-corrected chi connectivity index (χ1v) is 4.34. The van der Waals surface area contributed by atoms with Crippen LogP contribution in [0.5, 0.6) is 0 Å². The van der Waals surface area contributed by atoms with E-state index in [1.54, 1.807) is 0 Å². The minimum absolute atomic E-state index is 0.190. The Balaban J connectivity index is 2.33. The second-order valence-corrected chi connectivity index (χ2v) is 3.71. The molecule has 0 atom stereocenters. The number of nitrogens with two attached hydrogens (primary N) is 1. The van der Waals surface area contributed by atoms with Gasteiger partial charge in [-0.15, -0.1) is 0 Å². The van der Waals surface area contributed by atoms with E-state index in [-0.39, 0.29) is 5.54 Å². The van der Waals surface area contributed by atoms with Crippen LogP contribution in [0.4, 0.5) is 0 Å². The summed E-state index contributed by atoms with van der Waals surface area (Å²) >= 11 is 5.86. The van der Waals surface area contributed by atoms with Gasteiger partial charge in [-0.3, -0.25) is 0 Å². The fraction of sp³-hybridized carbons (Fsp3) is 0.333. The standard InChI is InChI=1S/C9H11ClN2/c10-8-3-1-2-7(4-8)9(11)5-12-6-9/h1-4,12H,5-6,11H2. The largest absolute Gasteiger partial charge is 0.319 e. The third-order valence-electron chi connectivity index (χ3n) is 2.28. The van der Waals surface area contributed by atoms with E-state index in [9.17, 15) is 0 Å². The maximum atomic E-state index is 6.07. The second-order valence-electron chi connectivity index (χ2n) is 3.27. The summed E-state index contributed by atoms with van der Waals surface area (Å²) in [6.45, 7) is 1.68. The van der Waals surface area contributed by atoms with Crippen LogP contribution >= 0.6 is 11.6 Å². The van der Waals surface area contributed by atoms with Crippen LogP contribution in [0.2, 0.25) is 5.02 Å². The molecule has 1 saturated heterocycles. The lowest BCUT2D eigenvalue weighted by molar-refractivity contribution is 0.287. The van der Waals surface area contributed by atoms with Gasteiger partial charge in [-0.1, -0.05) is 23.7 Å². The molecule has 0 aliphatic carbocycles. The van der Waals surface area contributed by atoms with E-state index in [1.165, 1.54) is 0 Å². The molecule has 1 aliphatic rings. The Morgan fingerprint density at radius 2 is 2.17 bits per heavy atom. The van der Waals surface area contributed by atoms with Crippen LogP contribution in [0.25, 0.3) is 0 Å². The molecule has 0 radical (unpaired) electrons. The molecule has 3 heteroatoms. The number of hydrogen-bond donors (Lipinski definition) is 2. The molecule has 12 heavy (non-hydrogen) atoms. The van der Waals surface area contributed by atoms with Crippen molar-refractivity contribution in [2.24, 2.45) is 5.73 Å². The van der Waals surface area contributed by atoms with Crippen molar-refractivity contribution in [3.05, 3.63) is 34.9 Å². The van der Waals surface area contributed by atoms with Gasteiger partial charge in [0.1, 0.15) is 0 Å². The van der Waals surface area contributed by atoms with E-state index in [4.69, 9.17) is 17.3 Å². The molecule has 1 aliphatic heterocycles. The van der Waals surface area contributed by atoms with Gasteiger partial charge in [-0.05, 0) is 17.7 Å². The predicted molar refractivity (Wildman–Crippen MR) is 50.2 cm³/mol. The highest BCUT2D eigenvalue weighted by molar-refractivity contribution is 6.30. The molecule has 0 saturated carbocycles. The summed E-state index contributed by atoms with van der Waals surface area (Å²) in [6.07, 6.45) is 0. The van der Waals surface area contributed by atoms with Gasteiger partial charge in [-0.2, -0.15) is 0 Å². The van der Waals surface area contributed by atoms with Crippen LogP contribution < -0.4 is 11.1 Å². The average molecular weight is 183 g/mol. The molecule has 1 aromatic carbocycles. The van der Waals surface area contributed by atoms with Gasteiger partial charge < -0.3 is 11.1 Å². The maximum Gasteiger partial charge on any atom is 0.0662 e. The lowest BCUT2D eigenvalue weighted by Gasteiger charge is -2.39. The molecule has 1 aromatic rings. The molecule has 0 amide bonds. The van der Waals surface area contributed by atoms with Gasteiger partial charge in [0, 0.05) is 18.1 Å². The van der Waals surface area contributed by atoms with Crippen molar-refractivity contribution in [2.75, 3.05) is 13.1 Å². The first-order chi connectivity index (χ1) is 5.71. The van der Waals surface area contributed by atoms with E-state index in [1.807, 2.05) is 24.3 Å². The monoisotopic (exact) mass is 182 g/mol. The van der Waals surface area contributed by atoms with E-state index in [0.717, 1.165) is 23.7 Å². The lowest BCUT2D eigenvalue weighted by atomic mass is 9.85. The Morgan fingerprint density at radius 3 is 2.67 bits per heavy atom. The maximum absolute atomic E-state index is 6.07. The summed E-state index contributed by atoms with van der Waals surface area (Å²) in [5.74, 6) is 0. The zero-order valence-electron chi connectivity index (χ0n) is 6.68. The molecule has 1 heterocycles. The fourth-order valence-corrected chi connectivity index (χ4v) is 1.59. The molecule has 0 spiro atoms. The molecule has 64 valence electrons. The van der Waals surface area contributed by atoms with Gasteiger partial charge in [-0.25, -0.2) is 0 Å². The van der Waals surface area contributed by atoms with E-state index < -0.39 is 0 Å². The van der Waals surface area contributed by atoms with E-state index in [0.29, 0.717) is 0 Å². The average Bonchev–Trinajstić information content (AvgIpc) is 2.00. The van der Waals surface area contributed by atoms with E-state index >= 15 is 0 Å². The SMILES string of the molecule is NC1(c2cccc(Cl)c2)CNC1. The molecule has 0 unspecified atom stereocenters. The topological polar surface area (TPSA) is 38.0 Å². The number of hydrogen-bond acceptors (Lipinski definition) is 2. The third kappa shape index (κ3) is 1.22. The third-order valence-corrected chi connectivity index (χ3v) is 2.52. The van der Waals surface area contributed by atoms with Crippen molar-refractivity contribution >= 4 is 11.6 Å². The Kier molecular flexibility index (Phi) is 1.83. The summed E-state index contributed by atoms with van der Waals surface area (Å²) in [5.41, 5.74) is 7.00. The molecular formula is C9H11ClN2. The molecule has 3 N–H and O–H groups in total. The Morgan fingerprint density at radius 1 is 1.42 bits per heavy atom. The molecular weight excluding hydrogens is 172 g/mol. The van der Waals surface area contributed by atoms with Crippen molar-refractivity contribution in [3.63, 3.8) is 0 Å². The van der Waals surface area contributed by atoms with Crippen molar-refractivity contribution in [1.29, 1.82) is 0 Å². The highest BCUT2D eigenvalue weighted by Gasteiger charge is 2.33. The highest BCUT2D eigenvalue weighted by Crippen LogP contribution is 2.24. The van der Waals surface area contributed by atoms with Gasteiger partial charge in [0.15, 0.2) is 0 Å². The van der Waals surface area contributed by atoms with Crippen LogP contribution in [0.15, 0.2) is 24.3 Å². The molecule has 0 bridgehead atoms. The summed E-state index contributed by atoms with van der Waals surface area (Å²) in [6, 6.07) is 7.75. The minimum Gasteiger partial charge on any atom is -0.319 e. The van der Waals surface area contributed by atoms with Crippen LogP contribution in [-0.2, 0) is 5.54 Å². The lowest BCUT2D eigenvalue weighted by Crippen LogP contribution is -2.62. The number of halogens is 1. The van der Waals surface area contributed by atoms with Gasteiger partial charge >= 0.3 is 0 Å². The summed E-state index contributed by atoms with van der Waals surface area (Å²) in [7, 11) is 0. The van der Waals surface area contributed by atoms with Crippen molar-refractivity contribution in [1.82, 2.24) is 5.32 Å². The highest BCUT2D eigenvalue weighted by atomic mass is 35.5. The summed E-state index contributed by atoms with van der Waals surface area (Å²) < 4.78 is 0. The fourth-order valence-electron chi connectivity index (χ4n) is 1.40. The summed E-state index contributed by atoms with van der Waals surface area (Å²) in [4.78, 5) is 0. The van der Waals surface area contributed by atoms with Gasteiger partial charge in [0.2, 0.25) is 0 Å². The van der Waals surface area contributed by atoms with Crippen LogP contribution in [0.3, 0.4) is 0 Å². The first kappa shape index (κ1) is 8.05.